The number of ether oxygens (including phenoxy) is 1. The highest BCUT2D eigenvalue weighted by Crippen LogP contribution is 2.31. The Hall–Kier alpha value is -2.47. The number of esters is 1. The standard InChI is InChI=1S/C18H14ClF2NO3/c1-25-18(24)13(8-22-11-2-3-11)17(23)12-4-9-6-15(20)16(21)7-10(9)5-14(12)19/h4-8,11,23H,2-3H2,1H3/b17-13+,22-8?. The van der Waals surface area contributed by atoms with Crippen LogP contribution in [0.4, 0.5) is 8.78 Å². The molecule has 0 saturated heterocycles. The Labute approximate surface area is 147 Å². The zero-order valence-corrected chi connectivity index (χ0v) is 14.0. The van der Waals surface area contributed by atoms with Crippen LogP contribution in [-0.4, -0.2) is 30.4 Å². The smallest absolute Gasteiger partial charge is 0.343 e. The molecule has 3 rings (SSSR count). The van der Waals surface area contributed by atoms with Crippen LogP contribution in [0.3, 0.4) is 0 Å². The number of rotatable bonds is 4. The molecular weight excluding hydrogens is 352 g/mol. The van der Waals surface area contributed by atoms with Gasteiger partial charge < -0.3 is 9.84 Å². The second kappa shape index (κ2) is 6.80. The van der Waals surface area contributed by atoms with Gasteiger partial charge in [0.1, 0.15) is 11.3 Å². The maximum absolute atomic E-state index is 13.5. The van der Waals surface area contributed by atoms with E-state index in [9.17, 15) is 18.7 Å². The topological polar surface area (TPSA) is 58.9 Å². The van der Waals surface area contributed by atoms with Crippen LogP contribution in [0.25, 0.3) is 16.5 Å². The number of carbonyl (C=O) groups excluding carboxylic acids is 1. The van der Waals surface area contributed by atoms with Crippen LogP contribution in [0.15, 0.2) is 34.8 Å². The van der Waals surface area contributed by atoms with Gasteiger partial charge in [-0.1, -0.05) is 11.6 Å². The first-order chi connectivity index (χ1) is 11.9. The summed E-state index contributed by atoms with van der Waals surface area (Å²) < 4.78 is 31.5. The molecule has 0 spiro atoms. The molecule has 0 radical (unpaired) electrons. The van der Waals surface area contributed by atoms with E-state index in [1.165, 1.54) is 25.5 Å². The van der Waals surface area contributed by atoms with Gasteiger partial charge in [0.15, 0.2) is 11.6 Å². The molecule has 1 aliphatic rings. The van der Waals surface area contributed by atoms with Crippen molar-refractivity contribution in [3.8, 4) is 0 Å². The number of aliphatic hydroxyl groups excluding tert-OH is 1. The number of hydrogen-bond acceptors (Lipinski definition) is 4. The number of nitrogens with zero attached hydrogens (tertiary/aromatic N) is 1. The second-order valence-corrected chi connectivity index (χ2v) is 6.12. The molecule has 0 bridgehead atoms. The molecule has 0 aliphatic heterocycles. The molecule has 2 aromatic carbocycles. The van der Waals surface area contributed by atoms with E-state index in [1.807, 2.05) is 0 Å². The molecule has 0 heterocycles. The van der Waals surface area contributed by atoms with Crippen LogP contribution in [-0.2, 0) is 9.53 Å². The Balaban J connectivity index is 2.15. The Morgan fingerprint density at radius 3 is 2.40 bits per heavy atom. The van der Waals surface area contributed by atoms with Crippen molar-refractivity contribution in [2.75, 3.05) is 7.11 Å². The molecule has 2 aromatic rings. The number of hydrogen-bond donors (Lipinski definition) is 1. The van der Waals surface area contributed by atoms with Crippen LogP contribution in [0.2, 0.25) is 5.02 Å². The minimum atomic E-state index is -1.02. The number of fused-ring (bicyclic) bond motifs is 1. The first-order valence-corrected chi connectivity index (χ1v) is 7.92. The molecule has 0 amide bonds. The molecule has 7 heteroatoms. The minimum Gasteiger partial charge on any atom is -0.506 e. The van der Waals surface area contributed by atoms with E-state index in [4.69, 9.17) is 11.6 Å². The number of methoxy groups -OCH3 is 1. The molecule has 1 N–H and O–H groups in total. The van der Waals surface area contributed by atoms with Gasteiger partial charge in [0, 0.05) is 11.8 Å². The third kappa shape index (κ3) is 3.64. The molecule has 4 nitrogen and oxygen atoms in total. The van der Waals surface area contributed by atoms with Crippen molar-refractivity contribution < 1.29 is 23.4 Å². The lowest BCUT2D eigenvalue weighted by atomic mass is 10.0. The summed E-state index contributed by atoms with van der Waals surface area (Å²) >= 11 is 6.15. The molecular formula is C18H14ClF2NO3. The minimum absolute atomic E-state index is 0.0808. The Morgan fingerprint density at radius 2 is 1.84 bits per heavy atom. The lowest BCUT2D eigenvalue weighted by molar-refractivity contribution is -0.135. The van der Waals surface area contributed by atoms with E-state index in [-0.39, 0.29) is 22.2 Å². The van der Waals surface area contributed by atoms with E-state index in [0.717, 1.165) is 25.0 Å². The number of halogens is 3. The first kappa shape index (κ1) is 17.4. The molecule has 0 unspecified atom stereocenters. The maximum atomic E-state index is 13.5. The van der Waals surface area contributed by atoms with E-state index in [0.29, 0.717) is 10.8 Å². The van der Waals surface area contributed by atoms with E-state index in [1.54, 1.807) is 0 Å². The highest BCUT2D eigenvalue weighted by Gasteiger charge is 2.22. The fraction of sp³-hybridized carbons (Fsp3) is 0.222. The summed E-state index contributed by atoms with van der Waals surface area (Å²) in [5.74, 6) is -3.23. The molecule has 130 valence electrons. The van der Waals surface area contributed by atoms with Crippen molar-refractivity contribution in [1.29, 1.82) is 0 Å². The fourth-order valence-corrected chi connectivity index (χ4v) is 2.58. The fourth-order valence-electron chi connectivity index (χ4n) is 2.32. The molecule has 1 aliphatic carbocycles. The third-order valence-corrected chi connectivity index (χ3v) is 4.15. The average molecular weight is 366 g/mol. The summed E-state index contributed by atoms with van der Waals surface area (Å²) in [6.07, 6.45) is 3.10. The van der Waals surface area contributed by atoms with E-state index < -0.39 is 23.4 Å². The lowest BCUT2D eigenvalue weighted by Crippen LogP contribution is -2.09. The molecule has 25 heavy (non-hydrogen) atoms. The van der Waals surface area contributed by atoms with Gasteiger partial charge in [-0.2, -0.15) is 0 Å². The quantitative estimate of drug-likeness (QED) is 0.377. The maximum Gasteiger partial charge on any atom is 0.343 e. The van der Waals surface area contributed by atoms with Crippen LogP contribution in [0, 0.1) is 11.6 Å². The van der Waals surface area contributed by atoms with Crippen molar-refractivity contribution in [1.82, 2.24) is 0 Å². The van der Waals surface area contributed by atoms with Crippen molar-refractivity contribution >= 4 is 40.3 Å². The molecule has 1 fully saturated rings. The summed E-state index contributed by atoms with van der Waals surface area (Å²) in [4.78, 5) is 16.1. The van der Waals surface area contributed by atoms with Crippen LogP contribution >= 0.6 is 11.6 Å². The Kier molecular flexibility index (Phi) is 4.72. The summed E-state index contributed by atoms with van der Waals surface area (Å²) in [7, 11) is 1.18. The molecule has 0 atom stereocenters. The van der Waals surface area contributed by atoms with Gasteiger partial charge in [0.25, 0.3) is 0 Å². The van der Waals surface area contributed by atoms with Gasteiger partial charge in [-0.3, -0.25) is 4.99 Å². The molecule has 1 saturated carbocycles. The normalized spacial score (nSPS) is 15.5. The van der Waals surface area contributed by atoms with Gasteiger partial charge in [0.2, 0.25) is 0 Å². The van der Waals surface area contributed by atoms with Crippen molar-refractivity contribution in [3.63, 3.8) is 0 Å². The van der Waals surface area contributed by atoms with Crippen molar-refractivity contribution in [3.05, 3.63) is 52.1 Å². The highest BCUT2D eigenvalue weighted by atomic mass is 35.5. The number of aliphatic imine (C=N–C) groups is 1. The Bertz CT molecular complexity index is 920. The molecule has 0 aromatic heterocycles. The number of carbonyl (C=O) groups is 1. The third-order valence-electron chi connectivity index (χ3n) is 3.84. The van der Waals surface area contributed by atoms with Gasteiger partial charge in [-0.05, 0) is 47.9 Å². The number of benzene rings is 2. The average Bonchev–Trinajstić information content (AvgIpc) is 3.40. The zero-order valence-electron chi connectivity index (χ0n) is 13.2. The van der Waals surface area contributed by atoms with Gasteiger partial charge >= 0.3 is 5.97 Å². The van der Waals surface area contributed by atoms with Crippen LogP contribution in [0.5, 0.6) is 0 Å². The van der Waals surface area contributed by atoms with Gasteiger partial charge in [-0.25, -0.2) is 13.6 Å². The first-order valence-electron chi connectivity index (χ1n) is 7.54. The van der Waals surface area contributed by atoms with Crippen LogP contribution < -0.4 is 0 Å². The zero-order chi connectivity index (χ0) is 18.1. The predicted octanol–water partition coefficient (Wildman–Crippen LogP) is 4.45. The summed E-state index contributed by atoms with van der Waals surface area (Å²) in [5, 5.41) is 11.3. The summed E-state index contributed by atoms with van der Waals surface area (Å²) in [6, 6.07) is 4.91. The second-order valence-electron chi connectivity index (χ2n) is 5.71. The summed E-state index contributed by atoms with van der Waals surface area (Å²) in [6.45, 7) is 0. The summed E-state index contributed by atoms with van der Waals surface area (Å²) in [5.41, 5.74) is -0.0546. The predicted molar refractivity (Wildman–Crippen MR) is 92.0 cm³/mol. The van der Waals surface area contributed by atoms with E-state index in [2.05, 4.69) is 9.73 Å². The highest BCUT2D eigenvalue weighted by molar-refractivity contribution is 6.33. The SMILES string of the molecule is COC(=O)/C(C=NC1CC1)=C(/O)c1cc2cc(F)c(F)cc2cc1Cl. The largest absolute Gasteiger partial charge is 0.506 e. The van der Waals surface area contributed by atoms with Gasteiger partial charge in [0.05, 0.1) is 18.2 Å². The lowest BCUT2D eigenvalue weighted by Gasteiger charge is -2.09. The van der Waals surface area contributed by atoms with Crippen LogP contribution in [0.1, 0.15) is 18.4 Å². The monoisotopic (exact) mass is 365 g/mol. The Morgan fingerprint density at radius 1 is 1.24 bits per heavy atom. The van der Waals surface area contributed by atoms with Gasteiger partial charge in [-0.15, -0.1) is 0 Å². The van der Waals surface area contributed by atoms with E-state index >= 15 is 0 Å². The van der Waals surface area contributed by atoms with Crippen molar-refractivity contribution in [2.24, 2.45) is 4.99 Å². The number of aliphatic hydroxyl groups is 1. The van der Waals surface area contributed by atoms with Crippen molar-refractivity contribution in [2.45, 2.75) is 18.9 Å².